The summed E-state index contributed by atoms with van der Waals surface area (Å²) in [7, 11) is 0. The SMILES string of the molecule is CCCN(CC)c1cc(Br)ccc1/C(N)=N/O. The Morgan fingerprint density at radius 1 is 1.47 bits per heavy atom. The van der Waals surface area contributed by atoms with Crippen LogP contribution in [-0.2, 0) is 0 Å². The van der Waals surface area contributed by atoms with Crippen LogP contribution < -0.4 is 10.6 Å². The van der Waals surface area contributed by atoms with Crippen LogP contribution in [0.25, 0.3) is 0 Å². The molecule has 1 rings (SSSR count). The monoisotopic (exact) mass is 299 g/mol. The van der Waals surface area contributed by atoms with Crippen molar-refractivity contribution in [1.29, 1.82) is 0 Å². The number of hydrogen-bond acceptors (Lipinski definition) is 3. The highest BCUT2D eigenvalue weighted by molar-refractivity contribution is 9.10. The van der Waals surface area contributed by atoms with Gasteiger partial charge in [0.15, 0.2) is 5.84 Å². The summed E-state index contributed by atoms with van der Waals surface area (Å²) in [6, 6.07) is 5.73. The lowest BCUT2D eigenvalue weighted by molar-refractivity contribution is 0.318. The summed E-state index contributed by atoms with van der Waals surface area (Å²) in [5.74, 6) is 0.141. The molecule has 1 aromatic rings. The van der Waals surface area contributed by atoms with E-state index >= 15 is 0 Å². The van der Waals surface area contributed by atoms with Crippen LogP contribution in [0.5, 0.6) is 0 Å². The number of halogens is 1. The number of hydrogen-bond donors (Lipinski definition) is 2. The molecule has 0 bridgehead atoms. The van der Waals surface area contributed by atoms with Gasteiger partial charge in [-0.25, -0.2) is 0 Å². The molecule has 0 saturated heterocycles. The van der Waals surface area contributed by atoms with Crippen LogP contribution in [0.15, 0.2) is 27.8 Å². The Morgan fingerprint density at radius 3 is 2.71 bits per heavy atom. The van der Waals surface area contributed by atoms with E-state index < -0.39 is 0 Å². The largest absolute Gasteiger partial charge is 0.409 e. The Morgan fingerprint density at radius 2 is 2.18 bits per heavy atom. The van der Waals surface area contributed by atoms with Gasteiger partial charge in [0.25, 0.3) is 0 Å². The standard InChI is InChI=1S/C12H18BrN3O/c1-3-7-16(4-2)11-8-9(13)5-6-10(11)12(14)15-17/h5-6,8,17H,3-4,7H2,1-2H3,(H2,14,15). The van der Waals surface area contributed by atoms with Gasteiger partial charge in [0.2, 0.25) is 0 Å². The highest BCUT2D eigenvalue weighted by Gasteiger charge is 2.12. The van der Waals surface area contributed by atoms with Crippen LogP contribution in [0.4, 0.5) is 5.69 Å². The molecule has 0 aliphatic heterocycles. The minimum Gasteiger partial charge on any atom is -0.409 e. The minimum absolute atomic E-state index is 0.141. The molecule has 0 unspecified atom stereocenters. The summed E-state index contributed by atoms with van der Waals surface area (Å²) < 4.78 is 0.983. The van der Waals surface area contributed by atoms with Gasteiger partial charge in [0.1, 0.15) is 0 Å². The van der Waals surface area contributed by atoms with Crippen LogP contribution in [0.2, 0.25) is 0 Å². The summed E-state index contributed by atoms with van der Waals surface area (Å²) >= 11 is 3.45. The number of amidine groups is 1. The van der Waals surface area contributed by atoms with Crippen molar-refractivity contribution in [2.75, 3.05) is 18.0 Å². The summed E-state index contributed by atoms with van der Waals surface area (Å²) in [5.41, 5.74) is 7.43. The van der Waals surface area contributed by atoms with E-state index in [1.165, 1.54) is 0 Å². The summed E-state index contributed by atoms with van der Waals surface area (Å²) in [4.78, 5) is 2.21. The van der Waals surface area contributed by atoms with E-state index in [1.54, 1.807) is 0 Å². The topological polar surface area (TPSA) is 61.8 Å². The van der Waals surface area contributed by atoms with Gasteiger partial charge in [-0.3, -0.25) is 0 Å². The van der Waals surface area contributed by atoms with E-state index in [2.05, 4.69) is 39.8 Å². The van der Waals surface area contributed by atoms with E-state index in [4.69, 9.17) is 10.9 Å². The van der Waals surface area contributed by atoms with Crippen molar-refractivity contribution in [1.82, 2.24) is 0 Å². The normalized spacial score (nSPS) is 11.6. The van der Waals surface area contributed by atoms with E-state index in [1.807, 2.05) is 18.2 Å². The van der Waals surface area contributed by atoms with E-state index in [-0.39, 0.29) is 5.84 Å². The van der Waals surface area contributed by atoms with E-state index in [9.17, 15) is 0 Å². The Labute approximate surface area is 110 Å². The zero-order valence-corrected chi connectivity index (χ0v) is 11.7. The molecule has 0 heterocycles. The van der Waals surface area contributed by atoms with Crippen molar-refractivity contribution in [2.45, 2.75) is 20.3 Å². The van der Waals surface area contributed by atoms with Crippen LogP contribution in [0, 0.1) is 0 Å². The third kappa shape index (κ3) is 3.36. The Kier molecular flexibility index (Phi) is 5.28. The second kappa shape index (κ2) is 6.49. The number of anilines is 1. The van der Waals surface area contributed by atoms with Crippen molar-refractivity contribution >= 4 is 27.5 Å². The van der Waals surface area contributed by atoms with E-state index in [0.717, 1.165) is 35.2 Å². The highest BCUT2D eigenvalue weighted by atomic mass is 79.9. The molecule has 0 aromatic heterocycles. The zero-order valence-electron chi connectivity index (χ0n) is 10.2. The molecule has 0 saturated carbocycles. The maximum Gasteiger partial charge on any atom is 0.172 e. The summed E-state index contributed by atoms with van der Waals surface area (Å²) in [5, 5.41) is 11.9. The number of nitrogens with zero attached hydrogens (tertiary/aromatic N) is 2. The lowest BCUT2D eigenvalue weighted by atomic mass is 10.1. The van der Waals surface area contributed by atoms with Crippen molar-refractivity contribution in [3.63, 3.8) is 0 Å². The van der Waals surface area contributed by atoms with Crippen LogP contribution in [0.3, 0.4) is 0 Å². The first-order valence-electron chi connectivity index (χ1n) is 5.66. The van der Waals surface area contributed by atoms with Crippen molar-refractivity contribution < 1.29 is 5.21 Å². The number of nitrogens with two attached hydrogens (primary N) is 1. The maximum absolute atomic E-state index is 8.80. The molecule has 4 nitrogen and oxygen atoms in total. The van der Waals surface area contributed by atoms with Crippen molar-refractivity contribution in [3.05, 3.63) is 28.2 Å². The van der Waals surface area contributed by atoms with Gasteiger partial charge in [-0.1, -0.05) is 28.0 Å². The van der Waals surface area contributed by atoms with E-state index in [0.29, 0.717) is 0 Å². The Hall–Kier alpha value is -1.23. The molecule has 0 aliphatic carbocycles. The average molecular weight is 300 g/mol. The molecular weight excluding hydrogens is 282 g/mol. The zero-order chi connectivity index (χ0) is 12.8. The molecule has 0 aliphatic rings. The van der Waals surface area contributed by atoms with Crippen molar-refractivity contribution in [2.24, 2.45) is 10.9 Å². The van der Waals surface area contributed by atoms with Gasteiger partial charge in [-0.15, -0.1) is 0 Å². The number of rotatable bonds is 5. The fourth-order valence-electron chi connectivity index (χ4n) is 1.76. The minimum atomic E-state index is 0.141. The first kappa shape index (κ1) is 13.8. The molecule has 94 valence electrons. The van der Waals surface area contributed by atoms with Gasteiger partial charge in [0.05, 0.1) is 0 Å². The van der Waals surface area contributed by atoms with Crippen LogP contribution in [-0.4, -0.2) is 24.1 Å². The van der Waals surface area contributed by atoms with Crippen molar-refractivity contribution in [3.8, 4) is 0 Å². The predicted molar refractivity (Wildman–Crippen MR) is 74.8 cm³/mol. The smallest absolute Gasteiger partial charge is 0.172 e. The first-order chi connectivity index (χ1) is 8.13. The molecule has 0 fully saturated rings. The fraction of sp³-hybridized carbons (Fsp3) is 0.417. The molecule has 3 N–H and O–H groups in total. The number of oxime groups is 1. The van der Waals surface area contributed by atoms with Crippen LogP contribution >= 0.6 is 15.9 Å². The third-order valence-electron chi connectivity index (χ3n) is 2.56. The van der Waals surface area contributed by atoms with Gasteiger partial charge in [-0.2, -0.15) is 0 Å². The third-order valence-corrected chi connectivity index (χ3v) is 3.05. The molecule has 1 aromatic carbocycles. The Balaban J connectivity index is 3.22. The molecule has 0 atom stereocenters. The van der Waals surface area contributed by atoms with Gasteiger partial charge >= 0.3 is 0 Å². The average Bonchev–Trinajstić information content (AvgIpc) is 2.35. The molecule has 0 spiro atoms. The molecule has 5 heteroatoms. The van der Waals surface area contributed by atoms with Crippen LogP contribution in [0.1, 0.15) is 25.8 Å². The first-order valence-corrected chi connectivity index (χ1v) is 6.45. The van der Waals surface area contributed by atoms with Gasteiger partial charge in [-0.05, 0) is 31.5 Å². The highest BCUT2D eigenvalue weighted by Crippen LogP contribution is 2.25. The lowest BCUT2D eigenvalue weighted by Crippen LogP contribution is -2.27. The molecule has 0 radical (unpaired) electrons. The lowest BCUT2D eigenvalue weighted by Gasteiger charge is -2.25. The Bertz CT molecular complexity index is 407. The van der Waals surface area contributed by atoms with Gasteiger partial charge in [0, 0.05) is 28.8 Å². The predicted octanol–water partition coefficient (Wildman–Crippen LogP) is 2.78. The fourth-order valence-corrected chi connectivity index (χ4v) is 2.10. The van der Waals surface area contributed by atoms with Gasteiger partial charge < -0.3 is 15.8 Å². The summed E-state index contributed by atoms with van der Waals surface area (Å²) in [6.07, 6.45) is 1.05. The summed E-state index contributed by atoms with van der Waals surface area (Å²) in [6.45, 7) is 6.05. The quantitative estimate of drug-likeness (QED) is 0.380. The molecule has 17 heavy (non-hydrogen) atoms. The second-order valence-corrected chi connectivity index (χ2v) is 4.64. The maximum atomic E-state index is 8.80. The second-order valence-electron chi connectivity index (χ2n) is 3.73. The molecule has 0 amide bonds. The molecular formula is C12H18BrN3O. The number of benzene rings is 1.